The van der Waals surface area contributed by atoms with Gasteiger partial charge in [0, 0.05) is 46.4 Å². The summed E-state index contributed by atoms with van der Waals surface area (Å²) >= 11 is 0. The van der Waals surface area contributed by atoms with Gasteiger partial charge in [0.25, 0.3) is 0 Å². The average Bonchev–Trinajstić information content (AvgIpc) is 2.53. The summed E-state index contributed by atoms with van der Waals surface area (Å²) < 4.78 is 10.7. The highest BCUT2D eigenvalue weighted by atomic mass is 16.5. The van der Waals surface area contributed by atoms with E-state index >= 15 is 0 Å². The standard InChI is InChI=1S/C16H26N2O2/c1-13(18-9-7-17-8-10-18)14-5-4-6-15(11-14)16(20-3)12-19-2/h4-6,11,13,16-17H,7-10,12H2,1-3H3. The quantitative estimate of drug-likeness (QED) is 0.863. The van der Waals surface area contributed by atoms with Gasteiger partial charge in [0.1, 0.15) is 6.10 Å². The SMILES string of the molecule is COCC(OC)c1cccc(C(C)N2CCNCC2)c1. The summed E-state index contributed by atoms with van der Waals surface area (Å²) in [7, 11) is 3.44. The monoisotopic (exact) mass is 278 g/mol. The first-order valence-corrected chi connectivity index (χ1v) is 7.32. The van der Waals surface area contributed by atoms with Crippen LogP contribution in [0.15, 0.2) is 24.3 Å². The number of piperazine rings is 1. The molecular weight excluding hydrogens is 252 g/mol. The van der Waals surface area contributed by atoms with Crippen LogP contribution in [-0.2, 0) is 9.47 Å². The largest absolute Gasteiger partial charge is 0.382 e. The zero-order chi connectivity index (χ0) is 14.4. The molecule has 1 aromatic rings. The van der Waals surface area contributed by atoms with Gasteiger partial charge in [0.2, 0.25) is 0 Å². The predicted molar refractivity (Wildman–Crippen MR) is 80.9 cm³/mol. The molecule has 1 aromatic carbocycles. The molecule has 0 amide bonds. The first-order valence-electron chi connectivity index (χ1n) is 7.32. The van der Waals surface area contributed by atoms with Crippen LogP contribution in [-0.4, -0.2) is 51.9 Å². The number of nitrogens with zero attached hydrogens (tertiary/aromatic N) is 1. The molecule has 20 heavy (non-hydrogen) atoms. The van der Waals surface area contributed by atoms with Crippen molar-refractivity contribution in [3.63, 3.8) is 0 Å². The second kappa shape index (κ2) is 7.74. The van der Waals surface area contributed by atoms with Crippen molar-refractivity contribution in [2.45, 2.75) is 19.1 Å². The van der Waals surface area contributed by atoms with Crippen LogP contribution < -0.4 is 5.32 Å². The smallest absolute Gasteiger partial charge is 0.105 e. The second-order valence-electron chi connectivity index (χ2n) is 5.31. The predicted octanol–water partition coefficient (Wildman–Crippen LogP) is 1.99. The summed E-state index contributed by atoms with van der Waals surface area (Å²) in [5.74, 6) is 0. The van der Waals surface area contributed by atoms with Crippen molar-refractivity contribution in [1.29, 1.82) is 0 Å². The van der Waals surface area contributed by atoms with Gasteiger partial charge in [-0.2, -0.15) is 0 Å². The Bertz CT molecular complexity index is 405. The molecule has 2 rings (SSSR count). The van der Waals surface area contributed by atoms with Crippen LogP contribution in [0.1, 0.15) is 30.2 Å². The summed E-state index contributed by atoms with van der Waals surface area (Å²) in [4.78, 5) is 2.52. The van der Waals surface area contributed by atoms with Gasteiger partial charge >= 0.3 is 0 Å². The molecule has 4 nitrogen and oxygen atoms in total. The minimum atomic E-state index is 0.00942. The van der Waals surface area contributed by atoms with Crippen molar-refractivity contribution in [2.75, 3.05) is 47.0 Å². The summed E-state index contributed by atoms with van der Waals surface area (Å²) in [5, 5.41) is 3.40. The number of benzene rings is 1. The Morgan fingerprint density at radius 2 is 1.90 bits per heavy atom. The van der Waals surface area contributed by atoms with E-state index in [-0.39, 0.29) is 6.10 Å². The maximum Gasteiger partial charge on any atom is 0.105 e. The van der Waals surface area contributed by atoms with Crippen LogP contribution in [0.4, 0.5) is 0 Å². The molecule has 1 aliphatic rings. The minimum absolute atomic E-state index is 0.00942. The van der Waals surface area contributed by atoms with E-state index in [2.05, 4.69) is 41.4 Å². The van der Waals surface area contributed by atoms with E-state index in [0.717, 1.165) is 26.2 Å². The highest BCUT2D eigenvalue weighted by Crippen LogP contribution is 2.25. The molecule has 0 radical (unpaired) electrons. The van der Waals surface area contributed by atoms with Crippen LogP contribution >= 0.6 is 0 Å². The lowest BCUT2D eigenvalue weighted by atomic mass is 10.0. The maximum absolute atomic E-state index is 5.51. The fraction of sp³-hybridized carbons (Fsp3) is 0.625. The van der Waals surface area contributed by atoms with Crippen LogP contribution in [0.2, 0.25) is 0 Å². The Morgan fingerprint density at radius 3 is 2.55 bits per heavy atom. The summed E-state index contributed by atoms with van der Waals surface area (Å²) in [6, 6.07) is 9.12. The van der Waals surface area contributed by atoms with E-state index in [1.165, 1.54) is 11.1 Å². The molecule has 112 valence electrons. The first-order chi connectivity index (χ1) is 9.76. The number of rotatable bonds is 6. The summed E-state index contributed by atoms with van der Waals surface area (Å²) in [6.45, 7) is 7.24. The number of hydrogen-bond donors (Lipinski definition) is 1. The molecule has 0 aliphatic carbocycles. The number of hydrogen-bond acceptors (Lipinski definition) is 4. The van der Waals surface area contributed by atoms with Gasteiger partial charge in [0.15, 0.2) is 0 Å². The fourth-order valence-electron chi connectivity index (χ4n) is 2.75. The topological polar surface area (TPSA) is 33.7 Å². The molecule has 0 saturated carbocycles. The molecule has 1 saturated heterocycles. The Balaban J connectivity index is 2.11. The molecule has 0 spiro atoms. The average molecular weight is 278 g/mol. The van der Waals surface area contributed by atoms with Gasteiger partial charge < -0.3 is 14.8 Å². The molecule has 1 heterocycles. The number of nitrogens with one attached hydrogen (secondary N) is 1. The number of ether oxygens (including phenoxy) is 2. The van der Waals surface area contributed by atoms with Gasteiger partial charge in [-0.3, -0.25) is 4.90 Å². The lowest BCUT2D eigenvalue weighted by Crippen LogP contribution is -2.44. The van der Waals surface area contributed by atoms with Crippen LogP contribution in [0.5, 0.6) is 0 Å². The third-order valence-corrected chi connectivity index (χ3v) is 4.07. The van der Waals surface area contributed by atoms with E-state index < -0.39 is 0 Å². The Labute approximate surface area is 122 Å². The maximum atomic E-state index is 5.51. The Hall–Kier alpha value is -0.940. The Morgan fingerprint density at radius 1 is 1.20 bits per heavy atom. The second-order valence-corrected chi connectivity index (χ2v) is 5.31. The molecular formula is C16H26N2O2. The van der Waals surface area contributed by atoms with Crippen molar-refractivity contribution < 1.29 is 9.47 Å². The van der Waals surface area contributed by atoms with Crippen LogP contribution in [0.3, 0.4) is 0 Å². The fourth-order valence-corrected chi connectivity index (χ4v) is 2.75. The third kappa shape index (κ3) is 3.79. The lowest BCUT2D eigenvalue weighted by Gasteiger charge is -2.33. The van der Waals surface area contributed by atoms with Crippen LogP contribution in [0.25, 0.3) is 0 Å². The van der Waals surface area contributed by atoms with Gasteiger partial charge in [-0.15, -0.1) is 0 Å². The molecule has 0 aromatic heterocycles. The van der Waals surface area contributed by atoms with E-state index in [0.29, 0.717) is 12.6 Å². The summed E-state index contributed by atoms with van der Waals surface area (Å²) in [5.41, 5.74) is 2.54. The zero-order valence-corrected chi connectivity index (χ0v) is 12.8. The molecule has 1 N–H and O–H groups in total. The molecule has 4 heteroatoms. The number of methoxy groups -OCH3 is 2. The van der Waals surface area contributed by atoms with Gasteiger partial charge in [-0.05, 0) is 18.1 Å². The molecule has 0 bridgehead atoms. The highest BCUT2D eigenvalue weighted by molar-refractivity contribution is 5.27. The Kier molecular flexibility index (Phi) is 5.98. The highest BCUT2D eigenvalue weighted by Gasteiger charge is 2.19. The molecule has 1 aliphatic heterocycles. The lowest BCUT2D eigenvalue weighted by molar-refractivity contribution is 0.0274. The van der Waals surface area contributed by atoms with Gasteiger partial charge in [-0.25, -0.2) is 0 Å². The van der Waals surface area contributed by atoms with Crippen molar-refractivity contribution in [3.05, 3.63) is 35.4 Å². The van der Waals surface area contributed by atoms with E-state index in [4.69, 9.17) is 9.47 Å². The van der Waals surface area contributed by atoms with Crippen molar-refractivity contribution in [3.8, 4) is 0 Å². The van der Waals surface area contributed by atoms with Gasteiger partial charge in [-0.1, -0.05) is 24.3 Å². The molecule has 2 unspecified atom stereocenters. The van der Waals surface area contributed by atoms with Crippen LogP contribution in [0, 0.1) is 0 Å². The molecule has 1 fully saturated rings. The van der Waals surface area contributed by atoms with E-state index in [1.807, 2.05) is 0 Å². The first kappa shape index (κ1) is 15.4. The molecule has 2 atom stereocenters. The van der Waals surface area contributed by atoms with E-state index in [9.17, 15) is 0 Å². The zero-order valence-electron chi connectivity index (χ0n) is 12.8. The van der Waals surface area contributed by atoms with Crippen molar-refractivity contribution >= 4 is 0 Å². The van der Waals surface area contributed by atoms with E-state index in [1.54, 1.807) is 14.2 Å². The normalized spacial score (nSPS) is 19.8. The van der Waals surface area contributed by atoms with Gasteiger partial charge in [0.05, 0.1) is 6.61 Å². The minimum Gasteiger partial charge on any atom is -0.382 e. The summed E-state index contributed by atoms with van der Waals surface area (Å²) in [6.07, 6.45) is 0.00942. The van der Waals surface area contributed by atoms with Crippen molar-refractivity contribution in [1.82, 2.24) is 10.2 Å². The third-order valence-electron chi connectivity index (χ3n) is 4.07. The van der Waals surface area contributed by atoms with Crippen molar-refractivity contribution in [2.24, 2.45) is 0 Å².